The number of hydrogen-bond donors (Lipinski definition) is 1. The van der Waals surface area contributed by atoms with Crippen molar-refractivity contribution < 1.29 is 14.6 Å². The normalized spacial score (nSPS) is 18.0. The largest absolute Gasteiger partial charge is 0.480 e. The van der Waals surface area contributed by atoms with Crippen LogP contribution in [0.25, 0.3) is 0 Å². The first kappa shape index (κ1) is 16.4. The van der Waals surface area contributed by atoms with Crippen LogP contribution in [0.2, 0.25) is 0 Å². The van der Waals surface area contributed by atoms with Crippen molar-refractivity contribution in [3.8, 4) is 0 Å². The minimum absolute atomic E-state index is 0.0822. The van der Waals surface area contributed by atoms with Crippen LogP contribution in [-0.4, -0.2) is 46.8 Å². The van der Waals surface area contributed by atoms with Crippen molar-refractivity contribution >= 4 is 17.3 Å². The minimum Gasteiger partial charge on any atom is -0.480 e. The second-order valence-electron chi connectivity index (χ2n) is 6.56. The van der Waals surface area contributed by atoms with Crippen molar-refractivity contribution in [3.63, 3.8) is 0 Å². The number of aromatic nitrogens is 1. The number of carboxylic acid groups (broad SMARTS) is 1. The molecule has 0 aliphatic carbocycles. The average molecular weight is 312 g/mol. The summed E-state index contributed by atoms with van der Waals surface area (Å²) >= 11 is 1.72. The van der Waals surface area contributed by atoms with Crippen LogP contribution >= 0.6 is 11.3 Å². The van der Waals surface area contributed by atoms with Gasteiger partial charge in [0.05, 0.1) is 18.3 Å². The Morgan fingerprint density at radius 3 is 2.67 bits per heavy atom. The second-order valence-corrected chi connectivity index (χ2v) is 7.50. The van der Waals surface area contributed by atoms with E-state index in [2.05, 4.69) is 31.1 Å². The Bertz CT molecular complexity index is 474. The fourth-order valence-electron chi connectivity index (χ4n) is 2.34. The van der Waals surface area contributed by atoms with E-state index in [0.717, 1.165) is 43.2 Å². The van der Waals surface area contributed by atoms with Gasteiger partial charge in [0.15, 0.2) is 0 Å². The average Bonchev–Trinajstić information content (AvgIpc) is 2.86. The molecule has 118 valence electrons. The molecular formula is C15H24N2O3S. The summed E-state index contributed by atoms with van der Waals surface area (Å²) in [4.78, 5) is 17.6. The molecule has 1 fully saturated rings. The van der Waals surface area contributed by atoms with Gasteiger partial charge >= 0.3 is 5.97 Å². The summed E-state index contributed by atoms with van der Waals surface area (Å²) in [6, 6.07) is 0. The summed E-state index contributed by atoms with van der Waals surface area (Å²) < 4.78 is 5.35. The topological polar surface area (TPSA) is 62.7 Å². The van der Waals surface area contributed by atoms with Crippen LogP contribution in [0, 0.1) is 0 Å². The number of likely N-dealkylation sites (tertiary alicyclic amines) is 1. The smallest absolute Gasteiger partial charge is 0.329 e. The quantitative estimate of drug-likeness (QED) is 0.905. The van der Waals surface area contributed by atoms with E-state index < -0.39 is 5.97 Å². The predicted octanol–water partition coefficient (Wildman–Crippen LogP) is 2.51. The van der Waals surface area contributed by atoms with E-state index in [4.69, 9.17) is 14.8 Å². The van der Waals surface area contributed by atoms with Gasteiger partial charge in [0.1, 0.15) is 11.6 Å². The molecule has 6 heteroatoms. The number of piperidine rings is 1. The second kappa shape index (κ2) is 6.85. The number of rotatable bonds is 5. The van der Waals surface area contributed by atoms with E-state index in [9.17, 15) is 4.79 Å². The Balaban J connectivity index is 1.78. The van der Waals surface area contributed by atoms with Crippen LogP contribution in [0.5, 0.6) is 0 Å². The predicted molar refractivity (Wildman–Crippen MR) is 82.7 cm³/mol. The van der Waals surface area contributed by atoms with Crippen LogP contribution in [0.1, 0.15) is 44.3 Å². The van der Waals surface area contributed by atoms with Gasteiger partial charge in [-0.15, -0.1) is 11.3 Å². The number of carboxylic acids is 1. The third-order valence-corrected chi connectivity index (χ3v) is 4.49. The lowest BCUT2D eigenvalue weighted by atomic mass is 9.93. The van der Waals surface area contributed by atoms with Crippen LogP contribution in [0.3, 0.4) is 0 Å². The van der Waals surface area contributed by atoms with Gasteiger partial charge in [0, 0.05) is 23.9 Å². The van der Waals surface area contributed by atoms with Crippen LogP contribution in [0.4, 0.5) is 0 Å². The SMILES string of the molecule is CC(C)(C)c1csc(CN2CCC(OCC(=O)O)CC2)n1. The molecule has 21 heavy (non-hydrogen) atoms. The number of aliphatic carboxylic acids is 1. The zero-order valence-corrected chi connectivity index (χ0v) is 13.8. The maximum Gasteiger partial charge on any atom is 0.329 e. The molecule has 5 nitrogen and oxygen atoms in total. The Morgan fingerprint density at radius 1 is 1.48 bits per heavy atom. The Morgan fingerprint density at radius 2 is 2.14 bits per heavy atom. The molecule has 1 aromatic heterocycles. The molecule has 0 unspecified atom stereocenters. The number of carbonyl (C=O) groups is 1. The lowest BCUT2D eigenvalue weighted by molar-refractivity contribution is -0.145. The van der Waals surface area contributed by atoms with E-state index in [1.807, 2.05) is 0 Å². The van der Waals surface area contributed by atoms with Crippen LogP contribution < -0.4 is 0 Å². The molecular weight excluding hydrogens is 288 g/mol. The maximum absolute atomic E-state index is 10.5. The Labute approximate surface area is 129 Å². The summed E-state index contributed by atoms with van der Waals surface area (Å²) in [6.45, 7) is 9.10. The highest BCUT2D eigenvalue weighted by atomic mass is 32.1. The van der Waals surface area contributed by atoms with Crippen molar-refractivity contribution in [1.82, 2.24) is 9.88 Å². The lowest BCUT2D eigenvalue weighted by Gasteiger charge is -2.30. The minimum atomic E-state index is -0.894. The lowest BCUT2D eigenvalue weighted by Crippen LogP contribution is -2.37. The van der Waals surface area contributed by atoms with Gasteiger partial charge in [0.25, 0.3) is 0 Å². The van der Waals surface area contributed by atoms with E-state index in [0.29, 0.717) is 0 Å². The first-order chi connectivity index (χ1) is 9.84. The van der Waals surface area contributed by atoms with Crippen LogP contribution in [-0.2, 0) is 21.5 Å². The first-order valence-electron chi connectivity index (χ1n) is 7.35. The summed E-state index contributed by atoms with van der Waals surface area (Å²) in [5, 5.41) is 11.9. The van der Waals surface area contributed by atoms with Crippen molar-refractivity contribution in [2.75, 3.05) is 19.7 Å². The molecule has 2 heterocycles. The molecule has 0 saturated carbocycles. The maximum atomic E-state index is 10.5. The van der Waals surface area contributed by atoms with Crippen molar-refractivity contribution in [2.45, 2.75) is 51.7 Å². The van der Waals surface area contributed by atoms with E-state index in [-0.39, 0.29) is 18.1 Å². The number of ether oxygens (including phenoxy) is 1. The van der Waals surface area contributed by atoms with Crippen molar-refractivity contribution in [3.05, 3.63) is 16.1 Å². The zero-order chi connectivity index (χ0) is 15.5. The standard InChI is InChI=1S/C15H24N2O3S/c1-15(2,3)12-10-21-13(16-12)8-17-6-4-11(5-7-17)20-9-14(18)19/h10-11H,4-9H2,1-3H3,(H,18,19). The molecule has 0 spiro atoms. The van der Waals surface area contributed by atoms with Gasteiger partial charge in [-0.1, -0.05) is 20.8 Å². The number of hydrogen-bond acceptors (Lipinski definition) is 5. The summed E-state index contributed by atoms with van der Waals surface area (Å²) in [5.74, 6) is -0.894. The molecule has 0 radical (unpaired) electrons. The highest BCUT2D eigenvalue weighted by molar-refractivity contribution is 7.09. The summed E-state index contributed by atoms with van der Waals surface area (Å²) in [7, 11) is 0. The molecule has 0 aromatic carbocycles. The first-order valence-corrected chi connectivity index (χ1v) is 8.23. The van der Waals surface area contributed by atoms with Crippen molar-refractivity contribution in [1.29, 1.82) is 0 Å². The van der Waals surface area contributed by atoms with Crippen molar-refractivity contribution in [2.24, 2.45) is 0 Å². The van der Waals surface area contributed by atoms with Gasteiger partial charge < -0.3 is 9.84 Å². The highest BCUT2D eigenvalue weighted by Crippen LogP contribution is 2.25. The molecule has 1 N–H and O–H groups in total. The molecule has 1 aromatic rings. The Kier molecular flexibility index (Phi) is 5.35. The fraction of sp³-hybridized carbons (Fsp3) is 0.733. The number of thiazole rings is 1. The molecule has 2 rings (SSSR count). The zero-order valence-electron chi connectivity index (χ0n) is 13.0. The van der Waals surface area contributed by atoms with Gasteiger partial charge in [-0.25, -0.2) is 9.78 Å². The van der Waals surface area contributed by atoms with Gasteiger partial charge in [-0.2, -0.15) is 0 Å². The molecule has 0 amide bonds. The third kappa shape index (κ3) is 5.05. The summed E-state index contributed by atoms with van der Waals surface area (Å²) in [5.41, 5.74) is 1.26. The Hall–Kier alpha value is -0.980. The van der Waals surface area contributed by atoms with E-state index in [1.165, 1.54) is 0 Å². The van der Waals surface area contributed by atoms with Gasteiger partial charge in [0.2, 0.25) is 0 Å². The fourth-order valence-corrected chi connectivity index (χ4v) is 3.40. The summed E-state index contributed by atoms with van der Waals surface area (Å²) in [6.07, 6.45) is 1.87. The third-order valence-electron chi connectivity index (χ3n) is 3.66. The van der Waals surface area contributed by atoms with Gasteiger partial charge in [-0.3, -0.25) is 4.90 Å². The highest BCUT2D eigenvalue weighted by Gasteiger charge is 2.22. The number of nitrogens with zero attached hydrogens (tertiary/aromatic N) is 2. The molecule has 0 atom stereocenters. The monoisotopic (exact) mass is 312 g/mol. The van der Waals surface area contributed by atoms with E-state index >= 15 is 0 Å². The van der Waals surface area contributed by atoms with Gasteiger partial charge in [-0.05, 0) is 12.8 Å². The molecule has 1 aliphatic rings. The van der Waals surface area contributed by atoms with E-state index in [1.54, 1.807) is 11.3 Å². The molecule has 0 bridgehead atoms. The molecule has 1 saturated heterocycles. The molecule has 1 aliphatic heterocycles. The van der Waals surface area contributed by atoms with Crippen LogP contribution in [0.15, 0.2) is 5.38 Å².